The third-order valence-electron chi connectivity index (χ3n) is 4.33. The van der Waals surface area contributed by atoms with E-state index in [1.807, 2.05) is 0 Å². The van der Waals surface area contributed by atoms with Crippen LogP contribution in [0.15, 0.2) is 24.3 Å². The van der Waals surface area contributed by atoms with Crippen molar-refractivity contribution in [1.29, 1.82) is 5.26 Å². The Kier molecular flexibility index (Phi) is 11.8. The van der Waals surface area contributed by atoms with E-state index in [2.05, 4.69) is 13.0 Å². The number of nitriles is 1. The summed E-state index contributed by atoms with van der Waals surface area (Å²) in [4.78, 5) is 11.6. The van der Waals surface area contributed by atoms with Crippen molar-refractivity contribution < 1.29 is 9.53 Å². The molecule has 0 heterocycles. The molecular weight excluding hydrogens is 334 g/mol. The zero-order valence-corrected chi connectivity index (χ0v) is 16.1. The largest absolute Gasteiger partial charge is 0.481 e. The van der Waals surface area contributed by atoms with Crippen LogP contribution in [0.2, 0.25) is 0 Å². The first kappa shape index (κ1) is 21.5. The molecule has 1 aromatic carbocycles. The number of halogens is 1. The summed E-state index contributed by atoms with van der Waals surface area (Å²) in [6, 6.07) is 8.80. The molecule has 1 atom stereocenters. The molecule has 0 radical (unpaired) electrons. The number of ether oxygens (including phenoxy) is 1. The summed E-state index contributed by atoms with van der Waals surface area (Å²) >= 11 is 5.66. The number of hydrogen-bond acceptors (Lipinski definition) is 3. The van der Waals surface area contributed by atoms with E-state index in [9.17, 15) is 4.79 Å². The van der Waals surface area contributed by atoms with Crippen molar-refractivity contribution in [3.8, 4) is 11.8 Å². The lowest BCUT2D eigenvalue weighted by molar-refractivity contribution is -0.118. The quantitative estimate of drug-likeness (QED) is 0.284. The molecule has 138 valence electrons. The predicted molar refractivity (Wildman–Crippen MR) is 103 cm³/mol. The zero-order chi connectivity index (χ0) is 18.3. The highest BCUT2D eigenvalue weighted by atomic mass is 35.5. The van der Waals surface area contributed by atoms with Crippen LogP contribution in [0.3, 0.4) is 0 Å². The molecule has 0 saturated carbocycles. The van der Waals surface area contributed by atoms with Gasteiger partial charge in [0.05, 0.1) is 11.6 Å². The Balaban J connectivity index is 2.16. The van der Waals surface area contributed by atoms with Crippen molar-refractivity contribution in [2.45, 2.75) is 83.7 Å². The van der Waals surface area contributed by atoms with E-state index in [4.69, 9.17) is 21.6 Å². The standard InChI is InChI=1S/C21H30ClNO2/c1-2-3-4-5-6-7-8-9-10-11-12-20(21(22)24)25-19-15-13-18(17-23)14-16-19/h13-16,20H,2-12H2,1H3. The molecule has 25 heavy (non-hydrogen) atoms. The summed E-state index contributed by atoms with van der Waals surface area (Å²) in [5, 5.41) is 8.33. The Morgan fingerprint density at radius 2 is 1.52 bits per heavy atom. The first-order valence-corrected chi connectivity index (χ1v) is 9.91. The van der Waals surface area contributed by atoms with Gasteiger partial charge >= 0.3 is 0 Å². The van der Waals surface area contributed by atoms with Crippen LogP contribution in [0, 0.1) is 11.3 Å². The molecule has 4 heteroatoms. The summed E-state index contributed by atoms with van der Waals surface area (Å²) in [5.41, 5.74) is 0.566. The lowest BCUT2D eigenvalue weighted by Gasteiger charge is -2.15. The average Bonchev–Trinajstić information content (AvgIpc) is 2.62. The second-order valence-corrected chi connectivity index (χ2v) is 6.89. The molecule has 1 unspecified atom stereocenters. The molecule has 0 fully saturated rings. The van der Waals surface area contributed by atoms with Crippen molar-refractivity contribution >= 4 is 16.8 Å². The molecule has 0 aliphatic carbocycles. The Morgan fingerprint density at radius 3 is 2.00 bits per heavy atom. The first-order chi connectivity index (χ1) is 12.2. The average molecular weight is 364 g/mol. The predicted octanol–water partition coefficient (Wildman–Crippen LogP) is 6.38. The van der Waals surface area contributed by atoms with Gasteiger partial charge in [-0.1, -0.05) is 64.7 Å². The second kappa shape index (κ2) is 13.7. The number of hydrogen-bond donors (Lipinski definition) is 0. The minimum absolute atomic E-state index is 0.458. The van der Waals surface area contributed by atoms with E-state index in [0.29, 0.717) is 17.7 Å². The van der Waals surface area contributed by atoms with Crippen molar-refractivity contribution in [3.05, 3.63) is 29.8 Å². The summed E-state index contributed by atoms with van der Waals surface area (Å²) in [5.74, 6) is 0.574. The normalized spacial score (nSPS) is 11.7. The fourth-order valence-electron chi connectivity index (χ4n) is 2.81. The third kappa shape index (κ3) is 10.1. The van der Waals surface area contributed by atoms with E-state index in [0.717, 1.165) is 12.8 Å². The molecule has 0 N–H and O–H groups in total. The van der Waals surface area contributed by atoms with Crippen LogP contribution in [0.5, 0.6) is 5.75 Å². The molecule has 0 aromatic heterocycles. The monoisotopic (exact) mass is 363 g/mol. The highest BCUT2D eigenvalue weighted by molar-refractivity contribution is 6.64. The van der Waals surface area contributed by atoms with E-state index < -0.39 is 11.3 Å². The van der Waals surface area contributed by atoms with Crippen LogP contribution < -0.4 is 4.74 Å². The van der Waals surface area contributed by atoms with E-state index in [1.165, 1.54) is 51.4 Å². The fourth-order valence-corrected chi connectivity index (χ4v) is 2.96. The van der Waals surface area contributed by atoms with Crippen molar-refractivity contribution in [3.63, 3.8) is 0 Å². The molecule has 0 spiro atoms. The highest BCUT2D eigenvalue weighted by Crippen LogP contribution is 2.18. The number of benzene rings is 1. The number of rotatable bonds is 14. The summed E-state index contributed by atoms with van der Waals surface area (Å²) < 4.78 is 5.67. The lowest BCUT2D eigenvalue weighted by atomic mass is 10.0. The summed E-state index contributed by atoms with van der Waals surface area (Å²) in [6.45, 7) is 2.24. The SMILES string of the molecule is CCCCCCCCCCCCC(Oc1ccc(C#N)cc1)C(=O)Cl. The van der Waals surface area contributed by atoms with Gasteiger partial charge in [-0.25, -0.2) is 0 Å². The second-order valence-electron chi connectivity index (χ2n) is 6.52. The van der Waals surface area contributed by atoms with Gasteiger partial charge in [-0.2, -0.15) is 5.26 Å². The van der Waals surface area contributed by atoms with Gasteiger partial charge in [0.2, 0.25) is 0 Å². The molecule has 0 aliphatic rings. The Morgan fingerprint density at radius 1 is 1.00 bits per heavy atom. The van der Waals surface area contributed by atoms with Gasteiger partial charge in [0.25, 0.3) is 5.24 Å². The van der Waals surface area contributed by atoms with E-state index in [-0.39, 0.29) is 0 Å². The Hall–Kier alpha value is -1.53. The maximum absolute atomic E-state index is 11.6. The van der Waals surface area contributed by atoms with Crippen LogP contribution >= 0.6 is 11.6 Å². The minimum atomic E-state index is -0.608. The highest BCUT2D eigenvalue weighted by Gasteiger charge is 2.17. The van der Waals surface area contributed by atoms with Crippen molar-refractivity contribution in [2.24, 2.45) is 0 Å². The maximum atomic E-state index is 11.6. The van der Waals surface area contributed by atoms with Crippen LogP contribution in [-0.4, -0.2) is 11.3 Å². The number of carbonyl (C=O) groups excluding carboxylic acids is 1. The number of unbranched alkanes of at least 4 members (excludes halogenated alkanes) is 9. The van der Waals surface area contributed by atoms with Crippen LogP contribution in [-0.2, 0) is 4.79 Å². The van der Waals surface area contributed by atoms with Gasteiger partial charge < -0.3 is 4.74 Å². The van der Waals surface area contributed by atoms with Crippen molar-refractivity contribution in [2.75, 3.05) is 0 Å². The van der Waals surface area contributed by atoms with Crippen molar-refractivity contribution in [1.82, 2.24) is 0 Å². The zero-order valence-electron chi connectivity index (χ0n) is 15.3. The molecule has 3 nitrogen and oxygen atoms in total. The molecule has 0 amide bonds. The summed E-state index contributed by atoms with van der Waals surface area (Å²) in [6.07, 6.45) is 12.6. The molecule has 0 saturated heterocycles. The fraction of sp³-hybridized carbons (Fsp3) is 0.619. The van der Waals surface area contributed by atoms with Crippen LogP contribution in [0.4, 0.5) is 0 Å². The van der Waals surface area contributed by atoms with Gasteiger partial charge in [-0.3, -0.25) is 4.79 Å². The molecule has 1 aromatic rings. The molecular formula is C21H30ClNO2. The number of carbonyl (C=O) groups is 1. The Labute approximate surface area is 157 Å². The van der Waals surface area contributed by atoms with Crippen LogP contribution in [0.25, 0.3) is 0 Å². The minimum Gasteiger partial charge on any atom is -0.481 e. The molecule has 0 bridgehead atoms. The van der Waals surface area contributed by atoms with E-state index in [1.54, 1.807) is 24.3 Å². The first-order valence-electron chi connectivity index (χ1n) is 9.53. The van der Waals surface area contributed by atoms with Gasteiger partial charge in [0.15, 0.2) is 6.10 Å². The third-order valence-corrected chi connectivity index (χ3v) is 4.58. The van der Waals surface area contributed by atoms with Gasteiger partial charge in [-0.15, -0.1) is 0 Å². The lowest BCUT2D eigenvalue weighted by Crippen LogP contribution is -2.23. The maximum Gasteiger partial charge on any atom is 0.262 e. The van der Waals surface area contributed by atoms with Gasteiger partial charge in [0.1, 0.15) is 5.75 Å². The summed E-state index contributed by atoms with van der Waals surface area (Å²) in [7, 11) is 0. The number of nitrogens with zero attached hydrogens (tertiary/aromatic N) is 1. The molecule has 1 rings (SSSR count). The van der Waals surface area contributed by atoms with Gasteiger partial charge in [0, 0.05) is 0 Å². The molecule has 0 aliphatic heterocycles. The topological polar surface area (TPSA) is 50.1 Å². The smallest absolute Gasteiger partial charge is 0.262 e. The van der Waals surface area contributed by atoms with E-state index >= 15 is 0 Å². The van der Waals surface area contributed by atoms with Crippen LogP contribution in [0.1, 0.15) is 83.1 Å². The van der Waals surface area contributed by atoms with Gasteiger partial charge in [-0.05, 0) is 48.7 Å². The Bertz CT molecular complexity index is 522.